The van der Waals surface area contributed by atoms with Crippen LogP contribution in [0.2, 0.25) is 0 Å². The molecule has 1 unspecified atom stereocenters. The molecule has 0 saturated heterocycles. The molecule has 36 heavy (non-hydrogen) atoms. The normalized spacial score (nSPS) is 15.0. The SMILES string of the molecule is CCCN(CCC)C(=O)C1=Cc2ccc(-c3ccc(CCC(=O)OCC)cc3)cc2NC(N=NN)C1. The zero-order valence-corrected chi connectivity index (χ0v) is 21.5. The second kappa shape index (κ2) is 13.4. The van der Waals surface area contributed by atoms with Crippen LogP contribution in [0.3, 0.4) is 0 Å². The van der Waals surface area contributed by atoms with Gasteiger partial charge in [-0.15, -0.1) is 5.11 Å². The molecule has 0 aromatic heterocycles. The molecule has 1 aliphatic rings. The lowest BCUT2D eigenvalue weighted by Gasteiger charge is -2.23. The van der Waals surface area contributed by atoms with Gasteiger partial charge in [-0.2, -0.15) is 0 Å². The van der Waals surface area contributed by atoms with Gasteiger partial charge >= 0.3 is 5.97 Å². The summed E-state index contributed by atoms with van der Waals surface area (Å²) in [4.78, 5) is 26.9. The summed E-state index contributed by atoms with van der Waals surface area (Å²) in [6.07, 6.45) is 4.76. The third-order valence-electron chi connectivity index (χ3n) is 6.08. The first-order valence-electron chi connectivity index (χ1n) is 12.7. The molecule has 1 amide bonds. The van der Waals surface area contributed by atoms with Crippen molar-refractivity contribution in [1.29, 1.82) is 0 Å². The van der Waals surface area contributed by atoms with E-state index in [0.717, 1.165) is 53.9 Å². The molecule has 0 saturated carbocycles. The van der Waals surface area contributed by atoms with Gasteiger partial charge in [0.2, 0.25) is 5.91 Å². The highest BCUT2D eigenvalue weighted by atomic mass is 16.5. The zero-order valence-electron chi connectivity index (χ0n) is 21.5. The van der Waals surface area contributed by atoms with Crippen molar-refractivity contribution in [3.05, 3.63) is 59.2 Å². The number of aryl methyl sites for hydroxylation is 1. The van der Waals surface area contributed by atoms with E-state index in [-0.39, 0.29) is 11.9 Å². The van der Waals surface area contributed by atoms with Crippen molar-refractivity contribution in [3.63, 3.8) is 0 Å². The van der Waals surface area contributed by atoms with E-state index in [2.05, 4.69) is 35.6 Å². The Bertz CT molecular complexity index is 1090. The first-order valence-corrected chi connectivity index (χ1v) is 12.7. The van der Waals surface area contributed by atoms with Crippen molar-refractivity contribution in [1.82, 2.24) is 4.90 Å². The number of rotatable bonds is 11. The van der Waals surface area contributed by atoms with E-state index in [9.17, 15) is 9.59 Å². The van der Waals surface area contributed by atoms with Gasteiger partial charge in [0.15, 0.2) is 0 Å². The number of hydrogen-bond donors (Lipinski definition) is 2. The van der Waals surface area contributed by atoms with Crippen molar-refractivity contribution >= 4 is 23.6 Å². The molecule has 3 N–H and O–H groups in total. The summed E-state index contributed by atoms with van der Waals surface area (Å²) in [6, 6.07) is 14.3. The number of ether oxygens (including phenoxy) is 1. The molecule has 0 bridgehead atoms. The summed E-state index contributed by atoms with van der Waals surface area (Å²) in [5, 5.41) is 11.0. The molecule has 0 aliphatic carbocycles. The molecule has 8 nitrogen and oxygen atoms in total. The van der Waals surface area contributed by atoms with Crippen LogP contribution < -0.4 is 11.2 Å². The molecule has 3 rings (SSSR count). The number of nitrogens with zero attached hydrogens (tertiary/aromatic N) is 3. The van der Waals surface area contributed by atoms with Crippen LogP contribution in [0.5, 0.6) is 0 Å². The summed E-state index contributed by atoms with van der Waals surface area (Å²) < 4.78 is 5.01. The quantitative estimate of drug-likeness (QED) is 0.191. The van der Waals surface area contributed by atoms with Gasteiger partial charge in [0.05, 0.1) is 6.61 Å². The van der Waals surface area contributed by atoms with Gasteiger partial charge in [-0.25, -0.2) is 0 Å². The second-order valence-corrected chi connectivity index (χ2v) is 8.86. The number of benzene rings is 2. The molecule has 192 valence electrons. The summed E-state index contributed by atoms with van der Waals surface area (Å²) in [6.45, 7) is 7.82. The second-order valence-electron chi connectivity index (χ2n) is 8.86. The van der Waals surface area contributed by atoms with Gasteiger partial charge in [0.25, 0.3) is 0 Å². The van der Waals surface area contributed by atoms with Gasteiger partial charge in [-0.1, -0.05) is 55.5 Å². The minimum absolute atomic E-state index is 0.0352. The molecule has 1 atom stereocenters. The fourth-order valence-electron chi connectivity index (χ4n) is 4.37. The fourth-order valence-corrected chi connectivity index (χ4v) is 4.37. The van der Waals surface area contributed by atoms with Crippen LogP contribution in [0.15, 0.2) is 58.4 Å². The molecular weight excluding hydrogens is 454 g/mol. The molecule has 1 aliphatic heterocycles. The number of fused-ring (bicyclic) bond motifs is 1. The molecule has 0 spiro atoms. The van der Waals surface area contributed by atoms with E-state index in [1.807, 2.05) is 54.3 Å². The largest absolute Gasteiger partial charge is 0.466 e. The highest BCUT2D eigenvalue weighted by molar-refractivity contribution is 5.99. The highest BCUT2D eigenvalue weighted by Crippen LogP contribution is 2.32. The van der Waals surface area contributed by atoms with Crippen LogP contribution in [-0.4, -0.2) is 42.6 Å². The Morgan fingerprint density at radius 3 is 2.39 bits per heavy atom. The minimum atomic E-state index is -0.433. The molecule has 8 heteroatoms. The standard InChI is InChI=1S/C28H37N5O3/c1-4-15-33(16-5-2)28(35)24-17-23-13-12-22(18-25(23)30-26(19-24)31-32-29)21-10-7-20(8-11-21)9-14-27(34)36-6-3/h7-8,10-13,17-18,26,30H,4-6,9,14-16,19H2,1-3H3,(H2,29,31). The number of anilines is 1. The Morgan fingerprint density at radius 1 is 1.06 bits per heavy atom. The van der Waals surface area contributed by atoms with E-state index in [1.165, 1.54) is 0 Å². The molecule has 0 fully saturated rings. The summed E-state index contributed by atoms with van der Waals surface area (Å²) in [7, 11) is 0. The lowest BCUT2D eigenvalue weighted by atomic mass is 9.99. The maximum Gasteiger partial charge on any atom is 0.306 e. The minimum Gasteiger partial charge on any atom is -0.466 e. The topological polar surface area (TPSA) is 109 Å². The summed E-state index contributed by atoms with van der Waals surface area (Å²) >= 11 is 0. The average Bonchev–Trinajstić information content (AvgIpc) is 3.06. The van der Waals surface area contributed by atoms with Crippen LogP contribution in [-0.2, 0) is 20.7 Å². The first-order chi connectivity index (χ1) is 17.5. The Hall–Kier alpha value is -3.68. The summed E-state index contributed by atoms with van der Waals surface area (Å²) in [5.41, 5.74) is 5.66. The Balaban J connectivity index is 1.85. The predicted molar refractivity (Wildman–Crippen MR) is 143 cm³/mol. The third kappa shape index (κ3) is 7.16. The predicted octanol–water partition coefficient (Wildman–Crippen LogP) is 5.35. The number of nitrogens with one attached hydrogen (secondary N) is 1. The lowest BCUT2D eigenvalue weighted by molar-refractivity contribution is -0.143. The molecule has 1 heterocycles. The van der Waals surface area contributed by atoms with Gasteiger partial charge in [-0.3, -0.25) is 9.59 Å². The van der Waals surface area contributed by atoms with Gasteiger partial charge in [0.1, 0.15) is 6.17 Å². The molecule has 0 radical (unpaired) electrons. The van der Waals surface area contributed by atoms with Crippen LogP contribution >= 0.6 is 0 Å². The van der Waals surface area contributed by atoms with Crippen molar-refractivity contribution in [2.75, 3.05) is 25.0 Å². The van der Waals surface area contributed by atoms with E-state index in [4.69, 9.17) is 10.6 Å². The smallest absolute Gasteiger partial charge is 0.306 e. The number of amides is 1. The van der Waals surface area contributed by atoms with E-state index < -0.39 is 6.17 Å². The van der Waals surface area contributed by atoms with Crippen molar-refractivity contribution in [3.8, 4) is 11.1 Å². The van der Waals surface area contributed by atoms with Crippen molar-refractivity contribution in [2.24, 2.45) is 16.2 Å². The van der Waals surface area contributed by atoms with Gasteiger partial charge in [0, 0.05) is 37.2 Å². The number of carbonyl (C=O) groups is 2. The van der Waals surface area contributed by atoms with Crippen LogP contribution in [0.4, 0.5) is 5.69 Å². The van der Waals surface area contributed by atoms with Crippen LogP contribution in [0.1, 0.15) is 57.6 Å². The monoisotopic (exact) mass is 491 g/mol. The fraction of sp³-hybridized carbons (Fsp3) is 0.429. The van der Waals surface area contributed by atoms with Gasteiger partial charge in [-0.05, 0) is 60.6 Å². The maximum atomic E-state index is 13.3. The van der Waals surface area contributed by atoms with E-state index >= 15 is 0 Å². The van der Waals surface area contributed by atoms with Gasteiger partial charge < -0.3 is 20.8 Å². The Labute approximate surface area is 213 Å². The maximum absolute atomic E-state index is 13.3. The lowest BCUT2D eigenvalue weighted by Crippen LogP contribution is -2.34. The van der Waals surface area contributed by atoms with E-state index in [0.29, 0.717) is 31.4 Å². The number of nitrogens with two attached hydrogens (primary N) is 1. The van der Waals surface area contributed by atoms with Crippen LogP contribution in [0.25, 0.3) is 17.2 Å². The Kier molecular flexibility index (Phi) is 10.0. The summed E-state index contributed by atoms with van der Waals surface area (Å²) in [5.74, 6) is 5.23. The number of esters is 1. The zero-order chi connectivity index (χ0) is 25.9. The van der Waals surface area contributed by atoms with Crippen LogP contribution in [0, 0.1) is 0 Å². The molecule has 2 aromatic carbocycles. The average molecular weight is 492 g/mol. The third-order valence-corrected chi connectivity index (χ3v) is 6.08. The molecule has 2 aromatic rings. The van der Waals surface area contributed by atoms with Crippen molar-refractivity contribution in [2.45, 2.75) is 59.0 Å². The highest BCUT2D eigenvalue weighted by Gasteiger charge is 2.24. The van der Waals surface area contributed by atoms with E-state index in [1.54, 1.807) is 0 Å². The van der Waals surface area contributed by atoms with Crippen molar-refractivity contribution < 1.29 is 14.3 Å². The first kappa shape index (κ1) is 26.9. The number of hydrogen-bond acceptors (Lipinski definition) is 6. The molecular formula is C28H37N5O3. The number of carbonyl (C=O) groups excluding carboxylic acids is 2. The Morgan fingerprint density at radius 2 is 1.75 bits per heavy atom.